The third kappa shape index (κ3) is 2.38. The Hall–Kier alpha value is -0.870. The van der Waals surface area contributed by atoms with Crippen molar-refractivity contribution in [3.63, 3.8) is 0 Å². The van der Waals surface area contributed by atoms with Gasteiger partial charge in [0.05, 0.1) is 12.3 Å². The van der Waals surface area contributed by atoms with E-state index >= 15 is 0 Å². The fraction of sp³-hybridized carbons (Fsp3) is 0.769. The Morgan fingerprint density at radius 2 is 2.29 bits per heavy atom. The van der Waals surface area contributed by atoms with Crippen LogP contribution < -0.4 is 5.32 Å². The molecule has 1 N–H and O–H groups in total. The summed E-state index contributed by atoms with van der Waals surface area (Å²) < 4.78 is 7.50. The highest BCUT2D eigenvalue weighted by Crippen LogP contribution is 2.32. The molecule has 1 aromatic heterocycles. The van der Waals surface area contributed by atoms with E-state index in [2.05, 4.69) is 31.2 Å². The molecule has 2 heterocycles. The third-order valence-electron chi connectivity index (χ3n) is 3.74. The van der Waals surface area contributed by atoms with Gasteiger partial charge >= 0.3 is 0 Å². The van der Waals surface area contributed by atoms with Crippen LogP contribution in [0.3, 0.4) is 0 Å². The summed E-state index contributed by atoms with van der Waals surface area (Å²) in [6, 6.07) is 0.385. The van der Waals surface area contributed by atoms with Crippen LogP contribution in [0.5, 0.6) is 0 Å². The molecule has 2 atom stereocenters. The largest absolute Gasteiger partial charge is 0.381 e. The zero-order valence-corrected chi connectivity index (χ0v) is 11.3. The van der Waals surface area contributed by atoms with Crippen LogP contribution in [-0.2, 0) is 11.8 Å². The molecule has 4 heteroatoms. The maximum Gasteiger partial charge on any atom is 0.0644 e. The molecule has 0 radical (unpaired) electrons. The van der Waals surface area contributed by atoms with Crippen molar-refractivity contribution in [3.05, 3.63) is 17.0 Å². The Bertz CT molecular complexity index is 380. The monoisotopic (exact) mass is 237 g/mol. The van der Waals surface area contributed by atoms with Gasteiger partial charge in [0.25, 0.3) is 0 Å². The molecule has 0 aromatic carbocycles. The number of aryl methyl sites for hydroxylation is 2. The molecule has 4 nitrogen and oxygen atoms in total. The first-order valence-corrected chi connectivity index (χ1v) is 6.46. The van der Waals surface area contributed by atoms with Crippen LogP contribution in [0.1, 0.15) is 36.3 Å². The Morgan fingerprint density at radius 1 is 1.53 bits per heavy atom. The van der Waals surface area contributed by atoms with Crippen molar-refractivity contribution in [2.75, 3.05) is 19.8 Å². The molecule has 0 spiro atoms. The van der Waals surface area contributed by atoms with E-state index < -0.39 is 0 Å². The predicted octanol–water partition coefficient (Wildman–Crippen LogP) is 1.72. The highest BCUT2D eigenvalue weighted by molar-refractivity contribution is 5.29. The molecule has 1 aliphatic rings. The van der Waals surface area contributed by atoms with Crippen molar-refractivity contribution in [3.8, 4) is 0 Å². The third-order valence-corrected chi connectivity index (χ3v) is 3.74. The molecule has 2 rings (SSSR count). The minimum absolute atomic E-state index is 0.385. The molecule has 2 unspecified atom stereocenters. The van der Waals surface area contributed by atoms with E-state index in [0.29, 0.717) is 12.0 Å². The summed E-state index contributed by atoms with van der Waals surface area (Å²) in [5.41, 5.74) is 3.77. The van der Waals surface area contributed by atoms with Crippen molar-refractivity contribution in [2.24, 2.45) is 13.0 Å². The summed E-state index contributed by atoms with van der Waals surface area (Å²) in [6.07, 6.45) is 1.14. The number of nitrogens with one attached hydrogen (secondary N) is 1. The second-order valence-corrected chi connectivity index (χ2v) is 4.87. The quantitative estimate of drug-likeness (QED) is 0.866. The van der Waals surface area contributed by atoms with Crippen LogP contribution in [-0.4, -0.2) is 29.5 Å². The van der Waals surface area contributed by atoms with Crippen LogP contribution in [0.15, 0.2) is 0 Å². The minimum atomic E-state index is 0.385. The van der Waals surface area contributed by atoms with Crippen molar-refractivity contribution < 1.29 is 4.74 Å². The summed E-state index contributed by atoms with van der Waals surface area (Å²) in [5.74, 6) is 0.580. The maximum atomic E-state index is 5.53. The van der Waals surface area contributed by atoms with E-state index in [-0.39, 0.29) is 0 Å². The van der Waals surface area contributed by atoms with Crippen LogP contribution in [0.2, 0.25) is 0 Å². The molecule has 0 saturated carbocycles. The first-order chi connectivity index (χ1) is 8.15. The number of rotatable bonds is 4. The van der Waals surface area contributed by atoms with E-state index in [1.165, 1.54) is 11.3 Å². The van der Waals surface area contributed by atoms with Gasteiger partial charge in [0.1, 0.15) is 0 Å². The Balaban J connectivity index is 2.30. The number of aromatic nitrogens is 2. The van der Waals surface area contributed by atoms with E-state index in [4.69, 9.17) is 4.74 Å². The van der Waals surface area contributed by atoms with Gasteiger partial charge in [-0.1, -0.05) is 6.92 Å². The van der Waals surface area contributed by atoms with Crippen LogP contribution in [0.25, 0.3) is 0 Å². The SMILES string of the molecule is CCNC(c1c(C)nn(C)c1C)C1CCOC1. The molecule has 1 aliphatic heterocycles. The van der Waals surface area contributed by atoms with E-state index in [0.717, 1.165) is 31.9 Å². The van der Waals surface area contributed by atoms with E-state index in [9.17, 15) is 0 Å². The van der Waals surface area contributed by atoms with E-state index in [1.807, 2.05) is 11.7 Å². The Morgan fingerprint density at radius 3 is 2.76 bits per heavy atom. The van der Waals surface area contributed by atoms with Gasteiger partial charge < -0.3 is 10.1 Å². The second kappa shape index (κ2) is 5.19. The highest BCUT2D eigenvalue weighted by Gasteiger charge is 2.30. The Kier molecular flexibility index (Phi) is 3.84. The van der Waals surface area contributed by atoms with Gasteiger partial charge in [0, 0.05) is 36.9 Å². The highest BCUT2D eigenvalue weighted by atomic mass is 16.5. The van der Waals surface area contributed by atoms with Crippen molar-refractivity contribution in [1.29, 1.82) is 0 Å². The molecule has 96 valence electrons. The van der Waals surface area contributed by atoms with Gasteiger partial charge in [-0.15, -0.1) is 0 Å². The first kappa shape index (κ1) is 12.6. The lowest BCUT2D eigenvalue weighted by Crippen LogP contribution is -2.29. The average molecular weight is 237 g/mol. The van der Waals surface area contributed by atoms with Gasteiger partial charge in [0.2, 0.25) is 0 Å². The van der Waals surface area contributed by atoms with Crippen molar-refractivity contribution in [2.45, 2.75) is 33.2 Å². The normalized spacial score (nSPS) is 22.0. The Labute approximate surface area is 103 Å². The van der Waals surface area contributed by atoms with Crippen LogP contribution in [0.4, 0.5) is 0 Å². The maximum absolute atomic E-state index is 5.53. The number of hydrogen-bond donors (Lipinski definition) is 1. The minimum Gasteiger partial charge on any atom is -0.381 e. The fourth-order valence-electron chi connectivity index (χ4n) is 2.78. The predicted molar refractivity (Wildman–Crippen MR) is 68.0 cm³/mol. The van der Waals surface area contributed by atoms with Gasteiger partial charge in [-0.2, -0.15) is 5.10 Å². The second-order valence-electron chi connectivity index (χ2n) is 4.87. The zero-order chi connectivity index (χ0) is 12.4. The molecule has 0 amide bonds. The standard InChI is InChI=1S/C13H23N3O/c1-5-14-13(11-6-7-17-8-11)12-9(2)15-16(4)10(12)3/h11,13-14H,5-8H2,1-4H3. The molecule has 1 saturated heterocycles. The number of hydrogen-bond acceptors (Lipinski definition) is 3. The first-order valence-electron chi connectivity index (χ1n) is 6.46. The molecular formula is C13H23N3O. The van der Waals surface area contributed by atoms with Gasteiger partial charge in [-0.05, 0) is 26.8 Å². The lowest BCUT2D eigenvalue weighted by atomic mass is 9.91. The van der Waals surface area contributed by atoms with Crippen molar-refractivity contribution in [1.82, 2.24) is 15.1 Å². The van der Waals surface area contributed by atoms with Gasteiger partial charge in [-0.25, -0.2) is 0 Å². The van der Waals surface area contributed by atoms with E-state index in [1.54, 1.807) is 0 Å². The smallest absolute Gasteiger partial charge is 0.0644 e. The summed E-state index contributed by atoms with van der Waals surface area (Å²) in [6.45, 7) is 9.15. The topological polar surface area (TPSA) is 39.1 Å². The number of ether oxygens (including phenoxy) is 1. The summed E-state index contributed by atoms with van der Waals surface area (Å²) in [4.78, 5) is 0. The number of nitrogens with zero attached hydrogens (tertiary/aromatic N) is 2. The molecule has 1 fully saturated rings. The van der Waals surface area contributed by atoms with Crippen LogP contribution in [0, 0.1) is 19.8 Å². The molecule has 0 aliphatic carbocycles. The zero-order valence-electron chi connectivity index (χ0n) is 11.3. The average Bonchev–Trinajstić information content (AvgIpc) is 2.88. The molecule has 1 aromatic rings. The van der Waals surface area contributed by atoms with Crippen LogP contribution >= 0.6 is 0 Å². The summed E-state index contributed by atoms with van der Waals surface area (Å²) in [7, 11) is 2.01. The fourth-order valence-corrected chi connectivity index (χ4v) is 2.78. The molecule has 0 bridgehead atoms. The van der Waals surface area contributed by atoms with Gasteiger partial charge in [-0.3, -0.25) is 4.68 Å². The van der Waals surface area contributed by atoms with Crippen molar-refractivity contribution >= 4 is 0 Å². The van der Waals surface area contributed by atoms with Gasteiger partial charge in [0.15, 0.2) is 0 Å². The summed E-state index contributed by atoms with van der Waals surface area (Å²) in [5, 5.41) is 8.12. The lowest BCUT2D eigenvalue weighted by Gasteiger charge is -2.24. The lowest BCUT2D eigenvalue weighted by molar-refractivity contribution is 0.177. The summed E-state index contributed by atoms with van der Waals surface area (Å²) >= 11 is 0. The molecular weight excluding hydrogens is 214 g/mol. The molecule has 17 heavy (non-hydrogen) atoms.